The Morgan fingerprint density at radius 3 is 2.57 bits per heavy atom. The number of para-hydroxylation sites is 1. The Hall–Kier alpha value is -2.39. The van der Waals surface area contributed by atoms with Crippen LogP contribution in [0.15, 0.2) is 36.4 Å². The normalized spacial score (nSPS) is 17.1. The number of esters is 1. The van der Waals surface area contributed by atoms with Crippen molar-refractivity contribution >= 4 is 22.2 Å². The number of ether oxygens (including phenoxy) is 2. The van der Waals surface area contributed by atoms with Gasteiger partial charge >= 0.3 is 22.2 Å². The Bertz CT molecular complexity index is 670. The van der Waals surface area contributed by atoms with Crippen LogP contribution in [0.2, 0.25) is 0 Å². The average molecular weight is 313 g/mol. The Morgan fingerprint density at radius 1 is 1.24 bits per heavy atom. The van der Waals surface area contributed by atoms with Gasteiger partial charge in [-0.25, -0.2) is 9.59 Å². The van der Waals surface area contributed by atoms with Crippen molar-refractivity contribution in [3.63, 3.8) is 0 Å². The Morgan fingerprint density at radius 2 is 1.90 bits per heavy atom. The highest BCUT2D eigenvalue weighted by atomic mass is 32.2. The zero-order chi connectivity index (χ0) is 15.5. The molecule has 0 radical (unpaired) electrons. The van der Waals surface area contributed by atoms with Crippen molar-refractivity contribution in [3.05, 3.63) is 42.0 Å². The van der Waals surface area contributed by atoms with Gasteiger partial charge < -0.3 is 13.7 Å². The largest absolute Gasteiger partial charge is 0.454 e. The van der Waals surface area contributed by atoms with Crippen LogP contribution < -0.4 is 9.88 Å². The summed E-state index contributed by atoms with van der Waals surface area (Å²) in [4.78, 5) is 22.4. The topological polar surface area (TPSA) is 122 Å². The lowest BCUT2D eigenvalue weighted by atomic mass is 10.2. The maximum Gasteiger partial charge on any atom is 0.382 e. The molecule has 0 spiro atoms. The van der Waals surface area contributed by atoms with Gasteiger partial charge in [0.1, 0.15) is 5.75 Å². The SMILES string of the molecule is NS(=O)(=O)OC(=O)/C=C\C(=O)OC1Cc2ccccc2O1. The van der Waals surface area contributed by atoms with Gasteiger partial charge in [0.2, 0.25) is 6.29 Å². The zero-order valence-electron chi connectivity index (χ0n) is 10.6. The predicted octanol–water partition coefficient (Wildman–Crippen LogP) is -0.206. The van der Waals surface area contributed by atoms with Gasteiger partial charge in [-0.3, -0.25) is 0 Å². The van der Waals surface area contributed by atoms with E-state index in [0.717, 1.165) is 11.6 Å². The van der Waals surface area contributed by atoms with Gasteiger partial charge in [-0.15, -0.1) is 0 Å². The summed E-state index contributed by atoms with van der Waals surface area (Å²) in [6, 6.07) is 7.19. The standard InChI is InChI=1S/C12H11NO7S/c13-21(16,17)20-11(15)6-5-10(14)19-12-7-8-3-1-2-4-9(8)18-12/h1-6,12H,7H2,(H2,13,16,17)/b6-5-. The summed E-state index contributed by atoms with van der Waals surface area (Å²) in [6.45, 7) is 0. The summed E-state index contributed by atoms with van der Waals surface area (Å²) in [7, 11) is -4.41. The lowest BCUT2D eigenvalue weighted by molar-refractivity contribution is -0.155. The van der Waals surface area contributed by atoms with Gasteiger partial charge in [0.15, 0.2) is 0 Å². The molecule has 0 fully saturated rings. The molecule has 21 heavy (non-hydrogen) atoms. The molecule has 0 saturated heterocycles. The zero-order valence-corrected chi connectivity index (χ0v) is 11.4. The van der Waals surface area contributed by atoms with E-state index in [0.29, 0.717) is 18.2 Å². The van der Waals surface area contributed by atoms with E-state index in [9.17, 15) is 18.0 Å². The smallest absolute Gasteiger partial charge is 0.382 e. The minimum Gasteiger partial charge on any atom is -0.454 e. The fourth-order valence-electron chi connectivity index (χ4n) is 1.66. The van der Waals surface area contributed by atoms with Crippen molar-refractivity contribution in [1.29, 1.82) is 0 Å². The number of nitrogens with two attached hydrogens (primary N) is 1. The second-order valence-electron chi connectivity index (χ2n) is 4.02. The van der Waals surface area contributed by atoms with Crippen LogP contribution in [-0.2, 0) is 35.2 Å². The van der Waals surface area contributed by atoms with Crippen molar-refractivity contribution in [1.82, 2.24) is 0 Å². The molecule has 1 aromatic rings. The third-order valence-electron chi connectivity index (χ3n) is 2.42. The van der Waals surface area contributed by atoms with E-state index in [1.54, 1.807) is 12.1 Å². The van der Waals surface area contributed by atoms with Crippen molar-refractivity contribution in [2.45, 2.75) is 12.7 Å². The summed E-state index contributed by atoms with van der Waals surface area (Å²) >= 11 is 0. The molecule has 2 rings (SSSR count). The molecule has 1 aliphatic heterocycles. The molecule has 0 amide bonds. The fraction of sp³-hybridized carbons (Fsp3) is 0.167. The number of rotatable bonds is 4. The Balaban J connectivity index is 1.85. The minimum atomic E-state index is -4.41. The molecule has 1 atom stereocenters. The van der Waals surface area contributed by atoms with Crippen LogP contribution in [-0.4, -0.2) is 26.6 Å². The summed E-state index contributed by atoms with van der Waals surface area (Å²) < 4.78 is 35.0. The van der Waals surface area contributed by atoms with E-state index in [-0.39, 0.29) is 0 Å². The van der Waals surface area contributed by atoms with Crippen LogP contribution in [0.4, 0.5) is 0 Å². The number of carbonyl (C=O) groups is 2. The minimum absolute atomic E-state index is 0.386. The lowest BCUT2D eigenvalue weighted by Gasteiger charge is -2.09. The maximum absolute atomic E-state index is 11.4. The molecular weight excluding hydrogens is 302 g/mol. The van der Waals surface area contributed by atoms with Crippen molar-refractivity contribution in [3.8, 4) is 5.75 Å². The van der Waals surface area contributed by atoms with Crippen LogP contribution in [0, 0.1) is 0 Å². The number of carbonyl (C=O) groups excluding carboxylic acids is 2. The van der Waals surface area contributed by atoms with E-state index in [1.807, 2.05) is 12.1 Å². The first-order chi connectivity index (χ1) is 9.83. The van der Waals surface area contributed by atoms with E-state index < -0.39 is 28.5 Å². The third kappa shape index (κ3) is 4.58. The van der Waals surface area contributed by atoms with Gasteiger partial charge in [-0.1, -0.05) is 18.2 Å². The van der Waals surface area contributed by atoms with E-state index >= 15 is 0 Å². The van der Waals surface area contributed by atoms with Crippen LogP contribution in [0.3, 0.4) is 0 Å². The van der Waals surface area contributed by atoms with Crippen molar-refractivity contribution in [2.75, 3.05) is 0 Å². The first kappa shape index (κ1) is 15.0. The highest BCUT2D eigenvalue weighted by Gasteiger charge is 2.24. The van der Waals surface area contributed by atoms with Crippen LogP contribution in [0.1, 0.15) is 5.56 Å². The van der Waals surface area contributed by atoms with Crippen LogP contribution in [0.5, 0.6) is 5.75 Å². The third-order valence-corrected chi connectivity index (χ3v) is 2.82. The molecule has 1 heterocycles. The Labute approximate surface area is 120 Å². The number of hydrogen-bond donors (Lipinski definition) is 1. The van der Waals surface area contributed by atoms with Gasteiger partial charge in [0.05, 0.1) is 6.42 Å². The molecule has 0 bridgehead atoms. The molecule has 112 valence electrons. The monoisotopic (exact) mass is 313 g/mol. The molecule has 1 aliphatic rings. The molecule has 0 aromatic heterocycles. The summed E-state index contributed by atoms with van der Waals surface area (Å²) in [5.41, 5.74) is 0.896. The highest BCUT2D eigenvalue weighted by molar-refractivity contribution is 7.84. The van der Waals surface area contributed by atoms with Crippen molar-refractivity contribution in [2.24, 2.45) is 5.14 Å². The first-order valence-corrected chi connectivity index (χ1v) is 7.20. The number of fused-ring (bicyclic) bond motifs is 1. The second kappa shape index (κ2) is 5.94. The van der Waals surface area contributed by atoms with Gasteiger partial charge in [0, 0.05) is 17.7 Å². The molecule has 0 aliphatic carbocycles. The molecule has 1 aromatic carbocycles. The summed E-state index contributed by atoms with van der Waals surface area (Å²) in [5, 5.41) is 4.48. The Kier molecular flexibility index (Phi) is 4.24. The second-order valence-corrected chi connectivity index (χ2v) is 5.18. The van der Waals surface area contributed by atoms with Gasteiger partial charge in [0.25, 0.3) is 0 Å². The van der Waals surface area contributed by atoms with Crippen LogP contribution >= 0.6 is 0 Å². The van der Waals surface area contributed by atoms with E-state index in [2.05, 4.69) is 9.32 Å². The molecule has 0 saturated carbocycles. The highest BCUT2D eigenvalue weighted by Crippen LogP contribution is 2.28. The van der Waals surface area contributed by atoms with Gasteiger partial charge in [-0.2, -0.15) is 13.6 Å². The molecular formula is C12H11NO7S. The average Bonchev–Trinajstić information content (AvgIpc) is 2.76. The molecule has 2 N–H and O–H groups in total. The number of benzene rings is 1. The molecule has 1 unspecified atom stereocenters. The van der Waals surface area contributed by atoms with Crippen molar-refractivity contribution < 1.29 is 31.7 Å². The fourth-order valence-corrected chi connectivity index (χ4v) is 1.95. The summed E-state index contributed by atoms with van der Waals surface area (Å²) in [6.07, 6.45) is 0.903. The van der Waals surface area contributed by atoms with Crippen LogP contribution in [0.25, 0.3) is 0 Å². The van der Waals surface area contributed by atoms with Gasteiger partial charge in [-0.05, 0) is 6.07 Å². The van der Waals surface area contributed by atoms with E-state index in [1.165, 1.54) is 0 Å². The summed E-state index contributed by atoms with van der Waals surface area (Å²) in [5.74, 6) is -1.56. The van der Waals surface area contributed by atoms with E-state index in [4.69, 9.17) is 9.47 Å². The number of hydrogen-bond acceptors (Lipinski definition) is 7. The lowest BCUT2D eigenvalue weighted by Crippen LogP contribution is -2.21. The maximum atomic E-state index is 11.4. The molecule has 9 heteroatoms. The quantitative estimate of drug-likeness (QED) is 0.603. The first-order valence-electron chi connectivity index (χ1n) is 5.73. The molecule has 8 nitrogen and oxygen atoms in total. The predicted molar refractivity (Wildman–Crippen MR) is 69.0 cm³/mol.